The molecule has 64 valence electrons. The standard InChI is InChI=1S/C4H6O4.C2H5N/c5-3(6)1-2-4(7)8;1-2-3/h1-2H2,(H,5,6)(H,7,8);2H,1,3H2. The molecule has 0 radical (unpaired) electrons. The Bertz CT molecular complexity index is 130. The Labute approximate surface area is 64.1 Å². The number of rotatable bonds is 3. The fraction of sp³-hybridized carbons (Fsp3) is 0.333. The Hall–Kier alpha value is -1.52. The summed E-state index contributed by atoms with van der Waals surface area (Å²) in [7, 11) is 0. The van der Waals surface area contributed by atoms with Gasteiger partial charge in [-0.05, 0) is 6.20 Å². The van der Waals surface area contributed by atoms with E-state index >= 15 is 0 Å². The normalized spacial score (nSPS) is 7.27. The summed E-state index contributed by atoms with van der Waals surface area (Å²) in [6.07, 6.45) is 0.657. The SMILES string of the molecule is C=CN.O=C(O)CCC(=O)O. The molecule has 0 saturated carbocycles. The molecule has 0 unspecified atom stereocenters. The third kappa shape index (κ3) is 29.4. The van der Waals surface area contributed by atoms with Crippen LogP contribution in [0.2, 0.25) is 0 Å². The van der Waals surface area contributed by atoms with Crippen molar-refractivity contribution in [1.29, 1.82) is 0 Å². The first-order valence-corrected chi connectivity index (χ1v) is 2.80. The van der Waals surface area contributed by atoms with E-state index in [9.17, 15) is 9.59 Å². The van der Waals surface area contributed by atoms with E-state index in [4.69, 9.17) is 10.2 Å². The summed E-state index contributed by atoms with van der Waals surface area (Å²) in [6.45, 7) is 3.14. The van der Waals surface area contributed by atoms with Gasteiger partial charge in [0.1, 0.15) is 0 Å². The van der Waals surface area contributed by atoms with Gasteiger partial charge in [0.2, 0.25) is 0 Å². The molecule has 4 N–H and O–H groups in total. The summed E-state index contributed by atoms with van der Waals surface area (Å²) in [5.41, 5.74) is 4.61. The highest BCUT2D eigenvalue weighted by atomic mass is 16.4. The average molecular weight is 161 g/mol. The van der Waals surface area contributed by atoms with Crippen LogP contribution in [0.3, 0.4) is 0 Å². The first-order valence-electron chi connectivity index (χ1n) is 2.80. The Morgan fingerprint density at radius 2 is 1.45 bits per heavy atom. The molecule has 0 aromatic carbocycles. The first-order chi connectivity index (χ1) is 5.04. The topological polar surface area (TPSA) is 101 Å². The van der Waals surface area contributed by atoms with E-state index in [1.54, 1.807) is 0 Å². The van der Waals surface area contributed by atoms with Crippen LogP contribution in [0, 0.1) is 0 Å². The van der Waals surface area contributed by atoms with E-state index in [2.05, 4.69) is 12.3 Å². The molecule has 0 aliphatic rings. The van der Waals surface area contributed by atoms with Gasteiger partial charge in [-0.15, -0.1) is 0 Å². The fourth-order valence-corrected chi connectivity index (χ4v) is 0.214. The smallest absolute Gasteiger partial charge is 0.303 e. The Kier molecular flexibility index (Phi) is 9.39. The molecule has 0 fully saturated rings. The molecule has 0 heterocycles. The van der Waals surface area contributed by atoms with Gasteiger partial charge < -0.3 is 15.9 Å². The molecule has 0 rings (SSSR count). The summed E-state index contributed by atoms with van der Waals surface area (Å²) in [4.78, 5) is 19.3. The van der Waals surface area contributed by atoms with E-state index in [-0.39, 0.29) is 12.8 Å². The van der Waals surface area contributed by atoms with Crippen molar-refractivity contribution in [2.75, 3.05) is 0 Å². The molecule has 0 atom stereocenters. The molecule has 0 bridgehead atoms. The molecule has 0 amide bonds. The second-order valence-electron chi connectivity index (χ2n) is 1.52. The van der Waals surface area contributed by atoms with E-state index in [0.29, 0.717) is 0 Å². The van der Waals surface area contributed by atoms with Crippen molar-refractivity contribution in [3.05, 3.63) is 12.8 Å². The minimum Gasteiger partial charge on any atom is -0.481 e. The molecular formula is C6H11NO4. The number of carbonyl (C=O) groups is 2. The maximum absolute atomic E-state index is 9.64. The molecule has 5 nitrogen and oxygen atoms in total. The molecule has 0 spiro atoms. The van der Waals surface area contributed by atoms with Crippen molar-refractivity contribution in [3.8, 4) is 0 Å². The number of carboxylic acid groups (broad SMARTS) is 2. The summed E-state index contributed by atoms with van der Waals surface area (Å²) < 4.78 is 0. The van der Waals surface area contributed by atoms with Crippen molar-refractivity contribution in [1.82, 2.24) is 0 Å². The summed E-state index contributed by atoms with van der Waals surface area (Å²) >= 11 is 0. The molecule has 0 aromatic rings. The number of hydrogen-bond donors (Lipinski definition) is 3. The number of aliphatic carboxylic acids is 2. The van der Waals surface area contributed by atoms with Crippen molar-refractivity contribution < 1.29 is 19.8 Å². The highest BCUT2D eigenvalue weighted by molar-refractivity contribution is 5.75. The number of nitrogens with two attached hydrogens (primary N) is 1. The van der Waals surface area contributed by atoms with E-state index in [1.807, 2.05) is 0 Å². The van der Waals surface area contributed by atoms with Crippen molar-refractivity contribution in [2.24, 2.45) is 5.73 Å². The van der Waals surface area contributed by atoms with Crippen LogP contribution in [0.1, 0.15) is 12.8 Å². The zero-order valence-corrected chi connectivity index (χ0v) is 5.99. The van der Waals surface area contributed by atoms with Crippen LogP contribution in [0.5, 0.6) is 0 Å². The predicted molar refractivity (Wildman–Crippen MR) is 38.9 cm³/mol. The zero-order valence-electron chi connectivity index (χ0n) is 5.99. The van der Waals surface area contributed by atoms with E-state index in [1.165, 1.54) is 6.20 Å². The maximum Gasteiger partial charge on any atom is 0.303 e. The number of carboxylic acids is 2. The summed E-state index contributed by atoms with van der Waals surface area (Å²) in [6, 6.07) is 0. The van der Waals surface area contributed by atoms with Gasteiger partial charge in [-0.1, -0.05) is 6.58 Å². The molecule has 0 aliphatic carbocycles. The Morgan fingerprint density at radius 3 is 1.55 bits per heavy atom. The van der Waals surface area contributed by atoms with Gasteiger partial charge in [0.05, 0.1) is 12.8 Å². The lowest BCUT2D eigenvalue weighted by Crippen LogP contribution is -2.00. The van der Waals surface area contributed by atoms with Gasteiger partial charge >= 0.3 is 11.9 Å². The average Bonchev–Trinajstić information content (AvgIpc) is 1.85. The van der Waals surface area contributed by atoms with Crippen molar-refractivity contribution in [2.45, 2.75) is 12.8 Å². The second kappa shape index (κ2) is 8.48. The minimum atomic E-state index is -1.08. The van der Waals surface area contributed by atoms with Gasteiger partial charge in [0, 0.05) is 0 Å². The molecule has 11 heavy (non-hydrogen) atoms. The van der Waals surface area contributed by atoms with Gasteiger partial charge in [-0.25, -0.2) is 0 Å². The Balaban J connectivity index is 0. The zero-order chi connectivity index (χ0) is 9.28. The van der Waals surface area contributed by atoms with E-state index < -0.39 is 11.9 Å². The molecular weight excluding hydrogens is 150 g/mol. The summed E-state index contributed by atoms with van der Waals surface area (Å²) in [5, 5.41) is 15.8. The van der Waals surface area contributed by atoms with Crippen LogP contribution in [-0.2, 0) is 9.59 Å². The molecule has 0 aromatic heterocycles. The largest absolute Gasteiger partial charge is 0.481 e. The highest BCUT2D eigenvalue weighted by Crippen LogP contribution is 1.85. The highest BCUT2D eigenvalue weighted by Gasteiger charge is 2.00. The van der Waals surface area contributed by atoms with Crippen molar-refractivity contribution >= 4 is 11.9 Å². The molecule has 5 heteroatoms. The van der Waals surface area contributed by atoms with Crippen LogP contribution < -0.4 is 5.73 Å². The van der Waals surface area contributed by atoms with Crippen molar-refractivity contribution in [3.63, 3.8) is 0 Å². The molecule has 0 aliphatic heterocycles. The first kappa shape index (κ1) is 12.2. The van der Waals surface area contributed by atoms with Gasteiger partial charge in [-0.2, -0.15) is 0 Å². The lowest BCUT2D eigenvalue weighted by molar-refractivity contribution is -0.143. The quantitative estimate of drug-likeness (QED) is 0.541. The second-order valence-corrected chi connectivity index (χ2v) is 1.52. The minimum absolute atomic E-state index is 0.296. The predicted octanol–water partition coefficient (Wildman–Crippen LogP) is 0.0244. The van der Waals surface area contributed by atoms with Gasteiger partial charge in [-0.3, -0.25) is 9.59 Å². The maximum atomic E-state index is 9.64. The lowest BCUT2D eigenvalue weighted by Gasteiger charge is -1.85. The van der Waals surface area contributed by atoms with Gasteiger partial charge in [0.15, 0.2) is 0 Å². The molecule has 0 saturated heterocycles. The number of hydrogen-bond acceptors (Lipinski definition) is 3. The van der Waals surface area contributed by atoms with Crippen LogP contribution >= 0.6 is 0 Å². The Morgan fingerprint density at radius 1 is 1.27 bits per heavy atom. The van der Waals surface area contributed by atoms with Crippen LogP contribution in [0.15, 0.2) is 12.8 Å². The lowest BCUT2D eigenvalue weighted by atomic mass is 10.3. The summed E-state index contributed by atoms with van der Waals surface area (Å²) in [5.74, 6) is -2.15. The van der Waals surface area contributed by atoms with Gasteiger partial charge in [0.25, 0.3) is 0 Å². The monoisotopic (exact) mass is 161 g/mol. The van der Waals surface area contributed by atoms with Crippen LogP contribution in [0.4, 0.5) is 0 Å². The third-order valence-corrected chi connectivity index (χ3v) is 0.553. The van der Waals surface area contributed by atoms with Crippen LogP contribution in [0.25, 0.3) is 0 Å². The van der Waals surface area contributed by atoms with Crippen LogP contribution in [-0.4, -0.2) is 22.2 Å². The fourth-order valence-electron chi connectivity index (χ4n) is 0.214. The van der Waals surface area contributed by atoms with E-state index in [0.717, 1.165) is 0 Å². The third-order valence-electron chi connectivity index (χ3n) is 0.553.